The van der Waals surface area contributed by atoms with Gasteiger partial charge < -0.3 is 20.2 Å². The van der Waals surface area contributed by atoms with Gasteiger partial charge in [0.1, 0.15) is 0 Å². The molecule has 0 saturated carbocycles. The first-order valence-corrected chi connectivity index (χ1v) is 15.1. The number of anilines is 1. The van der Waals surface area contributed by atoms with E-state index in [0.717, 1.165) is 15.3 Å². The molecule has 40 heavy (non-hydrogen) atoms. The number of thiazole rings is 1. The van der Waals surface area contributed by atoms with Crippen molar-refractivity contribution in [3.8, 4) is 0 Å². The lowest BCUT2D eigenvalue weighted by molar-refractivity contribution is -0.130. The summed E-state index contributed by atoms with van der Waals surface area (Å²) >= 11 is 3.01. The number of nitrogens with zero attached hydrogens (tertiary/aromatic N) is 3. The first-order chi connectivity index (χ1) is 19.3. The highest BCUT2D eigenvalue weighted by Gasteiger charge is 2.23. The minimum Gasteiger partial charge on any atom is -0.392 e. The summed E-state index contributed by atoms with van der Waals surface area (Å²) in [5.41, 5.74) is 3.25. The van der Waals surface area contributed by atoms with Crippen molar-refractivity contribution < 1.29 is 19.5 Å². The summed E-state index contributed by atoms with van der Waals surface area (Å²) in [5.74, 6) is 0.471. The van der Waals surface area contributed by atoms with E-state index >= 15 is 0 Å². The molecule has 9 nitrogen and oxygen atoms in total. The van der Waals surface area contributed by atoms with Crippen LogP contribution < -0.4 is 10.6 Å². The second-order valence-corrected chi connectivity index (χ2v) is 11.9. The Bertz CT molecular complexity index is 1310. The summed E-state index contributed by atoms with van der Waals surface area (Å²) in [6, 6.07) is 15.0. The van der Waals surface area contributed by atoms with Gasteiger partial charge in [-0.1, -0.05) is 42.5 Å². The van der Waals surface area contributed by atoms with E-state index in [1.54, 1.807) is 46.8 Å². The second-order valence-electron chi connectivity index (χ2n) is 9.62. The molecule has 11 heteroatoms. The lowest BCUT2D eigenvalue weighted by atomic mass is 10.1. The minimum atomic E-state index is -0.354. The summed E-state index contributed by atoms with van der Waals surface area (Å²) in [4.78, 5) is 45.1. The van der Waals surface area contributed by atoms with E-state index in [4.69, 9.17) is 0 Å². The monoisotopic (exact) mass is 581 g/mol. The number of carbonyl (C=O) groups is 3. The van der Waals surface area contributed by atoms with E-state index < -0.39 is 0 Å². The van der Waals surface area contributed by atoms with Gasteiger partial charge in [-0.15, -0.1) is 11.8 Å². The van der Waals surface area contributed by atoms with Gasteiger partial charge in [-0.2, -0.15) is 0 Å². The molecule has 0 bridgehead atoms. The van der Waals surface area contributed by atoms with Crippen molar-refractivity contribution >= 4 is 46.0 Å². The first-order valence-electron chi connectivity index (χ1n) is 13.3. The maximum Gasteiger partial charge on any atom is 0.257 e. The molecule has 1 aromatic heterocycles. The molecule has 1 atom stereocenters. The van der Waals surface area contributed by atoms with Crippen molar-refractivity contribution in [1.82, 2.24) is 20.1 Å². The maximum atomic E-state index is 13.0. The molecular formula is C29H35N5O4S2. The van der Waals surface area contributed by atoms with Crippen LogP contribution in [-0.2, 0) is 17.1 Å². The SMILES string of the molecule is CC[C@@H](O)CNCc1ccc(C(=O)Nc2ncc(SCc3cccc(C(=O)N4CCN(C(C)=O)CC4)c3)s2)cc1. The van der Waals surface area contributed by atoms with Crippen LogP contribution in [0.3, 0.4) is 0 Å². The lowest BCUT2D eigenvalue weighted by Gasteiger charge is -2.34. The third-order valence-electron chi connectivity index (χ3n) is 6.67. The Morgan fingerprint density at radius 3 is 2.45 bits per heavy atom. The van der Waals surface area contributed by atoms with E-state index in [1.807, 2.05) is 43.3 Å². The Morgan fingerprint density at radius 2 is 1.75 bits per heavy atom. The number of rotatable bonds is 11. The molecule has 2 heterocycles. The van der Waals surface area contributed by atoms with Gasteiger partial charge in [0.05, 0.1) is 16.5 Å². The van der Waals surface area contributed by atoms with Gasteiger partial charge in [0.2, 0.25) is 5.91 Å². The average Bonchev–Trinajstić information content (AvgIpc) is 3.43. The number of thioether (sulfide) groups is 1. The Hall–Kier alpha value is -3.25. The maximum absolute atomic E-state index is 13.0. The van der Waals surface area contributed by atoms with E-state index in [1.165, 1.54) is 11.3 Å². The number of piperazine rings is 1. The van der Waals surface area contributed by atoms with Crippen molar-refractivity contribution in [2.24, 2.45) is 0 Å². The molecule has 0 unspecified atom stereocenters. The summed E-state index contributed by atoms with van der Waals surface area (Å²) in [7, 11) is 0. The molecule has 2 aromatic carbocycles. The molecule has 3 N–H and O–H groups in total. The van der Waals surface area contributed by atoms with Gasteiger partial charge >= 0.3 is 0 Å². The normalized spacial score (nSPS) is 14.2. The number of aromatic nitrogens is 1. The third kappa shape index (κ3) is 8.37. The fourth-order valence-corrected chi connectivity index (χ4v) is 6.02. The van der Waals surface area contributed by atoms with Crippen molar-refractivity contribution in [1.29, 1.82) is 0 Å². The van der Waals surface area contributed by atoms with Crippen LogP contribution in [0.4, 0.5) is 5.13 Å². The largest absolute Gasteiger partial charge is 0.392 e. The van der Waals surface area contributed by atoms with E-state index in [-0.39, 0.29) is 23.8 Å². The quantitative estimate of drug-likeness (QED) is 0.295. The Morgan fingerprint density at radius 1 is 1.02 bits per heavy atom. The molecule has 0 spiro atoms. The van der Waals surface area contributed by atoms with Crippen molar-refractivity contribution in [3.63, 3.8) is 0 Å². The summed E-state index contributed by atoms with van der Waals surface area (Å²) in [6.07, 6.45) is 2.10. The van der Waals surface area contributed by atoms with Crippen LogP contribution in [0.1, 0.15) is 52.1 Å². The van der Waals surface area contributed by atoms with Gasteiger partial charge in [0, 0.05) is 63.1 Å². The molecule has 3 amide bonds. The van der Waals surface area contributed by atoms with Crippen LogP contribution >= 0.6 is 23.1 Å². The van der Waals surface area contributed by atoms with E-state index in [0.29, 0.717) is 67.7 Å². The third-order valence-corrected chi connectivity index (χ3v) is 8.85. The molecule has 1 saturated heterocycles. The predicted octanol–water partition coefficient (Wildman–Crippen LogP) is 3.85. The minimum absolute atomic E-state index is 0.0163. The molecule has 212 valence electrons. The van der Waals surface area contributed by atoms with E-state index in [9.17, 15) is 19.5 Å². The standard InChI is InChI=1S/C29H35N5O4S2/c1-3-25(36)17-30-16-21-7-9-23(10-8-21)27(37)32-29-31-18-26(40-29)39-19-22-5-4-6-24(15-22)28(38)34-13-11-33(12-14-34)20(2)35/h4-10,15,18,25,30,36H,3,11-14,16-17,19H2,1-2H3,(H,31,32,37)/t25-/m1/s1. The first kappa shape index (κ1) is 29.7. The Labute approximate surface area is 243 Å². The number of amides is 3. The molecule has 4 rings (SSSR count). The molecule has 1 aliphatic rings. The van der Waals surface area contributed by atoms with Crippen LogP contribution in [0.15, 0.2) is 58.9 Å². The number of aliphatic hydroxyl groups excluding tert-OH is 1. The molecule has 0 radical (unpaired) electrons. The fraction of sp³-hybridized carbons (Fsp3) is 0.379. The smallest absolute Gasteiger partial charge is 0.257 e. The van der Waals surface area contributed by atoms with Crippen LogP contribution in [0.25, 0.3) is 0 Å². The topological polar surface area (TPSA) is 115 Å². The van der Waals surface area contributed by atoms with Gasteiger partial charge in [-0.05, 0) is 41.8 Å². The molecule has 1 fully saturated rings. The van der Waals surface area contributed by atoms with Crippen LogP contribution in [-0.4, -0.2) is 76.4 Å². The van der Waals surface area contributed by atoms with Gasteiger partial charge in [0.15, 0.2) is 5.13 Å². The van der Waals surface area contributed by atoms with E-state index in [2.05, 4.69) is 15.6 Å². The number of nitrogens with one attached hydrogen (secondary N) is 2. The number of hydrogen-bond donors (Lipinski definition) is 3. The molecule has 3 aromatic rings. The molecular weight excluding hydrogens is 546 g/mol. The summed E-state index contributed by atoms with van der Waals surface area (Å²) in [5, 5.41) is 16.2. The average molecular weight is 582 g/mol. The zero-order chi connectivity index (χ0) is 28.5. The highest BCUT2D eigenvalue weighted by molar-refractivity contribution is 8.00. The van der Waals surface area contributed by atoms with Gasteiger partial charge in [-0.25, -0.2) is 4.98 Å². The van der Waals surface area contributed by atoms with Gasteiger partial charge in [0.25, 0.3) is 11.8 Å². The van der Waals surface area contributed by atoms with Crippen molar-refractivity contribution in [3.05, 3.63) is 77.0 Å². The summed E-state index contributed by atoms with van der Waals surface area (Å²) in [6.45, 7) is 6.86. The predicted molar refractivity (Wildman–Crippen MR) is 159 cm³/mol. The highest BCUT2D eigenvalue weighted by atomic mass is 32.2. The van der Waals surface area contributed by atoms with Crippen molar-refractivity contribution in [2.45, 2.75) is 42.9 Å². The Kier molecular flexibility index (Phi) is 10.7. The fourth-order valence-electron chi connectivity index (χ4n) is 4.21. The van der Waals surface area contributed by atoms with Crippen molar-refractivity contribution in [2.75, 3.05) is 38.0 Å². The van der Waals surface area contributed by atoms with Crippen LogP contribution in [0.5, 0.6) is 0 Å². The molecule has 0 aliphatic carbocycles. The number of carbonyl (C=O) groups excluding carboxylic acids is 3. The van der Waals surface area contributed by atoms with Crippen LogP contribution in [0.2, 0.25) is 0 Å². The Balaban J connectivity index is 1.25. The number of hydrogen-bond acceptors (Lipinski definition) is 8. The van der Waals surface area contributed by atoms with Gasteiger partial charge in [-0.3, -0.25) is 19.7 Å². The highest BCUT2D eigenvalue weighted by Crippen LogP contribution is 2.31. The zero-order valence-corrected chi connectivity index (χ0v) is 24.4. The second kappa shape index (κ2) is 14.4. The zero-order valence-electron chi connectivity index (χ0n) is 22.8. The lowest BCUT2D eigenvalue weighted by Crippen LogP contribution is -2.50. The summed E-state index contributed by atoms with van der Waals surface area (Å²) < 4.78 is 0.961. The van der Waals surface area contributed by atoms with Crippen LogP contribution in [0, 0.1) is 0 Å². The number of benzene rings is 2. The number of aliphatic hydroxyl groups is 1. The molecule has 1 aliphatic heterocycles.